The Balaban J connectivity index is 2.75. The van der Waals surface area contributed by atoms with Crippen LogP contribution >= 0.6 is 0 Å². The van der Waals surface area contributed by atoms with Gasteiger partial charge in [0.25, 0.3) is 0 Å². The molecule has 0 heterocycles. The Hall–Kier alpha value is -1.12. The van der Waals surface area contributed by atoms with E-state index in [2.05, 4.69) is 0 Å². The lowest BCUT2D eigenvalue weighted by Gasteiger charge is -2.03. The van der Waals surface area contributed by atoms with Crippen LogP contribution < -0.4 is 0 Å². The number of aliphatic hydroxyl groups is 2. The Morgan fingerprint density at radius 3 is 2.38 bits per heavy atom. The molecule has 0 aliphatic heterocycles. The summed E-state index contributed by atoms with van der Waals surface area (Å²) in [7, 11) is 0. The Morgan fingerprint density at radius 2 is 1.92 bits per heavy atom. The van der Waals surface area contributed by atoms with Crippen molar-refractivity contribution in [2.75, 3.05) is 6.61 Å². The van der Waals surface area contributed by atoms with Gasteiger partial charge in [-0.05, 0) is 18.1 Å². The molecule has 70 valence electrons. The van der Waals surface area contributed by atoms with Crippen LogP contribution in [0.5, 0.6) is 0 Å². The average Bonchev–Trinajstić information content (AvgIpc) is 2.15. The number of hydrogen-bond donors (Lipinski definition) is 2. The zero-order chi connectivity index (χ0) is 9.68. The van der Waals surface area contributed by atoms with Crippen molar-refractivity contribution >= 4 is 6.08 Å². The fraction of sp³-hybridized carbons (Fsp3) is 0.273. The molecule has 0 aliphatic rings. The predicted octanol–water partition coefficient (Wildman–Crippen LogP) is 1.75. The minimum absolute atomic E-state index is 0.0537. The summed E-state index contributed by atoms with van der Waals surface area (Å²) in [6, 6.07) is 7.58. The zero-order valence-corrected chi connectivity index (χ0v) is 7.64. The van der Waals surface area contributed by atoms with Gasteiger partial charge in [-0.1, -0.05) is 36.4 Å². The molecule has 1 aromatic rings. The number of hydrogen-bond acceptors (Lipinski definition) is 2. The normalized spacial score (nSPS) is 13.5. The Labute approximate surface area is 78.2 Å². The second kappa shape index (κ2) is 4.80. The molecule has 1 unspecified atom stereocenters. The molecule has 2 nitrogen and oxygen atoms in total. The van der Waals surface area contributed by atoms with Crippen LogP contribution in [0.25, 0.3) is 6.08 Å². The fourth-order valence-electron chi connectivity index (χ4n) is 1.07. The van der Waals surface area contributed by atoms with Crippen molar-refractivity contribution in [1.29, 1.82) is 0 Å². The van der Waals surface area contributed by atoms with Crippen LogP contribution in [0, 0.1) is 0 Å². The van der Waals surface area contributed by atoms with E-state index in [0.717, 1.165) is 11.1 Å². The van der Waals surface area contributed by atoms with E-state index in [0.29, 0.717) is 0 Å². The maximum absolute atomic E-state index is 9.23. The second-order valence-electron chi connectivity index (χ2n) is 2.93. The largest absolute Gasteiger partial charge is 0.392 e. The maximum atomic E-state index is 9.23. The molecule has 2 N–H and O–H groups in total. The summed E-state index contributed by atoms with van der Waals surface area (Å²) in [4.78, 5) is 0. The lowest BCUT2D eigenvalue weighted by Crippen LogP contribution is -1.89. The molecule has 0 bridgehead atoms. The predicted molar refractivity (Wildman–Crippen MR) is 53.2 cm³/mol. The summed E-state index contributed by atoms with van der Waals surface area (Å²) in [5.74, 6) is 0. The zero-order valence-electron chi connectivity index (χ0n) is 7.64. The van der Waals surface area contributed by atoms with E-state index in [4.69, 9.17) is 5.11 Å². The summed E-state index contributed by atoms with van der Waals surface area (Å²) in [6.07, 6.45) is 3.10. The third-order valence-corrected chi connectivity index (χ3v) is 1.83. The van der Waals surface area contributed by atoms with Crippen LogP contribution in [0.4, 0.5) is 0 Å². The molecule has 2 heteroatoms. The van der Waals surface area contributed by atoms with E-state index in [1.165, 1.54) is 0 Å². The van der Waals surface area contributed by atoms with E-state index < -0.39 is 6.10 Å². The van der Waals surface area contributed by atoms with Crippen molar-refractivity contribution in [3.63, 3.8) is 0 Å². The summed E-state index contributed by atoms with van der Waals surface area (Å²) < 4.78 is 0. The minimum Gasteiger partial charge on any atom is -0.392 e. The number of rotatable bonds is 3. The van der Waals surface area contributed by atoms with Crippen molar-refractivity contribution in [2.45, 2.75) is 13.0 Å². The molecule has 1 rings (SSSR count). The minimum atomic E-state index is -0.420. The van der Waals surface area contributed by atoms with Crippen molar-refractivity contribution in [3.8, 4) is 0 Å². The highest BCUT2D eigenvalue weighted by Gasteiger charge is 1.97. The van der Waals surface area contributed by atoms with Crippen LogP contribution in [0.3, 0.4) is 0 Å². The molecule has 0 saturated heterocycles. The van der Waals surface area contributed by atoms with Gasteiger partial charge in [0.15, 0.2) is 0 Å². The summed E-state index contributed by atoms with van der Waals surface area (Å²) in [5.41, 5.74) is 1.93. The van der Waals surface area contributed by atoms with Crippen LogP contribution in [0.1, 0.15) is 24.2 Å². The van der Waals surface area contributed by atoms with Gasteiger partial charge >= 0.3 is 0 Å². The molecule has 0 aromatic heterocycles. The first-order valence-corrected chi connectivity index (χ1v) is 4.29. The van der Waals surface area contributed by atoms with Gasteiger partial charge in [-0.25, -0.2) is 0 Å². The van der Waals surface area contributed by atoms with Crippen molar-refractivity contribution in [3.05, 3.63) is 41.5 Å². The molecule has 13 heavy (non-hydrogen) atoms. The van der Waals surface area contributed by atoms with Gasteiger partial charge in [-0.3, -0.25) is 0 Å². The first kappa shape index (κ1) is 9.96. The third kappa shape index (κ3) is 3.01. The van der Waals surface area contributed by atoms with E-state index in [1.54, 1.807) is 13.0 Å². The molecule has 0 spiro atoms. The van der Waals surface area contributed by atoms with Crippen molar-refractivity contribution in [2.24, 2.45) is 0 Å². The van der Waals surface area contributed by atoms with Gasteiger partial charge in [-0.2, -0.15) is 0 Å². The SMILES string of the molecule is CC(O)c1ccc(/C=C/CO)cc1. The maximum Gasteiger partial charge on any atom is 0.0761 e. The van der Waals surface area contributed by atoms with Gasteiger partial charge in [0.1, 0.15) is 0 Å². The molecule has 0 aliphatic carbocycles. The second-order valence-corrected chi connectivity index (χ2v) is 2.93. The van der Waals surface area contributed by atoms with E-state index in [-0.39, 0.29) is 6.61 Å². The molecule has 0 saturated carbocycles. The van der Waals surface area contributed by atoms with Gasteiger partial charge in [0.2, 0.25) is 0 Å². The van der Waals surface area contributed by atoms with E-state index in [9.17, 15) is 5.11 Å². The third-order valence-electron chi connectivity index (χ3n) is 1.83. The summed E-state index contributed by atoms with van der Waals surface area (Å²) in [5, 5.41) is 17.8. The Bertz CT molecular complexity index is 273. The molecular formula is C11H14O2. The van der Waals surface area contributed by atoms with Gasteiger partial charge in [0, 0.05) is 0 Å². The van der Waals surface area contributed by atoms with Gasteiger partial charge < -0.3 is 10.2 Å². The molecule has 0 radical (unpaired) electrons. The average molecular weight is 178 g/mol. The fourth-order valence-corrected chi connectivity index (χ4v) is 1.07. The van der Waals surface area contributed by atoms with Crippen LogP contribution in [0.2, 0.25) is 0 Å². The summed E-state index contributed by atoms with van der Waals surface area (Å²) >= 11 is 0. The molecule has 1 aromatic carbocycles. The molecular weight excluding hydrogens is 164 g/mol. The molecule has 0 amide bonds. The standard InChI is InChI=1S/C11H14O2/c1-9(13)11-6-4-10(5-7-11)3-2-8-12/h2-7,9,12-13H,8H2,1H3/b3-2+. The molecule has 1 atom stereocenters. The lowest BCUT2D eigenvalue weighted by molar-refractivity contribution is 0.199. The summed E-state index contributed by atoms with van der Waals surface area (Å²) in [6.45, 7) is 1.79. The molecule has 0 fully saturated rings. The first-order chi connectivity index (χ1) is 6.24. The lowest BCUT2D eigenvalue weighted by atomic mass is 10.1. The quantitative estimate of drug-likeness (QED) is 0.740. The topological polar surface area (TPSA) is 40.5 Å². The van der Waals surface area contributed by atoms with Crippen molar-refractivity contribution in [1.82, 2.24) is 0 Å². The van der Waals surface area contributed by atoms with Gasteiger partial charge in [-0.15, -0.1) is 0 Å². The Kier molecular flexibility index (Phi) is 3.68. The smallest absolute Gasteiger partial charge is 0.0761 e. The highest BCUT2D eigenvalue weighted by Crippen LogP contribution is 2.13. The monoisotopic (exact) mass is 178 g/mol. The number of benzene rings is 1. The van der Waals surface area contributed by atoms with Crippen LogP contribution in [-0.4, -0.2) is 16.8 Å². The van der Waals surface area contributed by atoms with Crippen LogP contribution in [-0.2, 0) is 0 Å². The van der Waals surface area contributed by atoms with E-state index in [1.807, 2.05) is 30.3 Å². The highest BCUT2D eigenvalue weighted by molar-refractivity contribution is 5.49. The highest BCUT2D eigenvalue weighted by atomic mass is 16.3. The first-order valence-electron chi connectivity index (χ1n) is 4.29. The van der Waals surface area contributed by atoms with E-state index >= 15 is 0 Å². The van der Waals surface area contributed by atoms with Gasteiger partial charge in [0.05, 0.1) is 12.7 Å². The Morgan fingerprint density at radius 1 is 1.31 bits per heavy atom. The van der Waals surface area contributed by atoms with Crippen molar-refractivity contribution < 1.29 is 10.2 Å². The van der Waals surface area contributed by atoms with Crippen LogP contribution in [0.15, 0.2) is 30.3 Å². The number of aliphatic hydroxyl groups excluding tert-OH is 2.